The Labute approximate surface area is 250 Å². The van der Waals surface area contributed by atoms with Crippen molar-refractivity contribution in [2.24, 2.45) is 9.98 Å². The Morgan fingerprint density at radius 3 is 2.69 bits per heavy atom. The van der Waals surface area contributed by atoms with Crippen molar-refractivity contribution in [1.82, 2.24) is 34.8 Å². The summed E-state index contributed by atoms with van der Waals surface area (Å²) in [6.45, 7) is -1.55. The lowest BCUT2D eigenvalue weighted by Crippen LogP contribution is -2.53. The molecular weight excluding hydrogens is 651 g/mol. The van der Waals surface area contributed by atoms with E-state index in [0.29, 0.717) is 0 Å². The third kappa shape index (κ3) is 5.34. The monoisotopic (exact) mass is 675 g/mol. The number of carbonyl (C=O) groups is 1. The van der Waals surface area contributed by atoms with E-state index in [1.54, 1.807) is 0 Å². The predicted molar refractivity (Wildman–Crippen MR) is 144 cm³/mol. The number of rotatable bonds is 2. The van der Waals surface area contributed by atoms with E-state index >= 15 is 4.39 Å². The fraction of sp³-hybridized carbons (Fsp3) is 0.550. The number of nitrogens with zero attached hydrogens (tertiary/aromatic N) is 7. The van der Waals surface area contributed by atoms with Gasteiger partial charge in [-0.2, -0.15) is 4.99 Å². The third-order valence-corrected chi connectivity index (χ3v) is 9.58. The van der Waals surface area contributed by atoms with Crippen LogP contribution in [0.4, 0.5) is 10.2 Å². The van der Waals surface area contributed by atoms with Crippen molar-refractivity contribution < 1.29 is 56.3 Å². The Kier molecular flexibility index (Phi) is 7.33. The Morgan fingerprint density at radius 2 is 1.89 bits per heavy atom. The standard InChI is InChI=1S/C20H24FN11O11P2/c21-8-6-1-28-44(35,36)42-12-7(41-18(11(12)33)31-4-26-9-14(22)24-3-25-15(9)31)2-39-45(37,38)43-13(8)19(40-6)32-5-27-10-16(32)29-20(23)30-17(10)34/h3-8,10-13,18-19,33H,1-2H2,(H,37,38)(H2,22,24,25)(H2,23,30,34)(H2,28,35,36). The van der Waals surface area contributed by atoms with E-state index < -0.39 is 95.8 Å². The molecule has 11 unspecified atom stereocenters. The van der Waals surface area contributed by atoms with Gasteiger partial charge in [-0.05, 0) is 0 Å². The molecule has 0 spiro atoms. The Balaban J connectivity index is 1.17. The van der Waals surface area contributed by atoms with Gasteiger partial charge in [-0.15, -0.1) is 0 Å². The molecule has 45 heavy (non-hydrogen) atoms. The van der Waals surface area contributed by atoms with Crippen LogP contribution in [0.5, 0.6) is 0 Å². The Hall–Kier alpha value is -3.34. The molecule has 0 aliphatic carbocycles. The SMILES string of the molecule is N=C1N=C2C(N=CN2C2OC3CNP(=O)(O)OC4C(COP(=O)(O)OC2C3F)OC(n2cnc3c(N)ncnc32)C4O)C(=O)N1. The van der Waals surface area contributed by atoms with Gasteiger partial charge in [-0.3, -0.25) is 43.6 Å². The van der Waals surface area contributed by atoms with Gasteiger partial charge in [0.2, 0.25) is 5.96 Å². The van der Waals surface area contributed by atoms with E-state index in [4.69, 9.17) is 34.2 Å². The van der Waals surface area contributed by atoms with Crippen LogP contribution in [-0.2, 0) is 37.0 Å². The maximum atomic E-state index is 15.7. The largest absolute Gasteiger partial charge is 0.472 e. The number of amidine groups is 1. The molecule has 1 amide bonds. The molecule has 0 saturated carbocycles. The van der Waals surface area contributed by atoms with Gasteiger partial charge in [-0.1, -0.05) is 0 Å². The number of aromatic nitrogens is 4. The van der Waals surface area contributed by atoms with Crippen LogP contribution in [0.25, 0.3) is 11.2 Å². The van der Waals surface area contributed by atoms with Crippen LogP contribution in [0.3, 0.4) is 0 Å². The van der Waals surface area contributed by atoms with Gasteiger partial charge in [-0.25, -0.2) is 33.6 Å². The lowest BCUT2D eigenvalue weighted by atomic mass is 10.1. The molecule has 2 aromatic heterocycles. The first-order valence-corrected chi connectivity index (χ1v) is 16.2. The number of nitrogen functional groups attached to an aromatic ring is 1. The number of amides is 1. The Bertz CT molecular complexity index is 1730. The van der Waals surface area contributed by atoms with Crippen molar-refractivity contribution in [1.29, 1.82) is 5.41 Å². The minimum Gasteiger partial charge on any atom is -0.386 e. The summed E-state index contributed by atoms with van der Waals surface area (Å²) >= 11 is 0. The molecule has 11 atom stereocenters. The lowest BCUT2D eigenvalue weighted by Gasteiger charge is -2.31. The predicted octanol–water partition coefficient (Wildman–Crippen LogP) is -2.50. The number of nitrogens with two attached hydrogens (primary N) is 1. The van der Waals surface area contributed by atoms with Gasteiger partial charge in [0.15, 0.2) is 42.0 Å². The number of phosphoric acid groups is 1. The van der Waals surface area contributed by atoms with E-state index in [0.717, 1.165) is 17.6 Å². The highest BCUT2D eigenvalue weighted by molar-refractivity contribution is 7.50. The van der Waals surface area contributed by atoms with E-state index in [1.807, 2.05) is 0 Å². The zero-order chi connectivity index (χ0) is 31.8. The summed E-state index contributed by atoms with van der Waals surface area (Å²) in [4.78, 5) is 54.5. The van der Waals surface area contributed by atoms with Crippen molar-refractivity contribution in [2.75, 3.05) is 18.9 Å². The first-order valence-electron chi connectivity index (χ1n) is 13.1. The van der Waals surface area contributed by atoms with Crippen LogP contribution < -0.4 is 16.1 Å². The summed E-state index contributed by atoms with van der Waals surface area (Å²) in [5.74, 6) is -1.34. The number of hydrogen-bond donors (Lipinski definition) is 7. The summed E-state index contributed by atoms with van der Waals surface area (Å²) in [5.41, 5.74) is 6.14. The molecule has 2 bridgehead atoms. The number of aliphatic hydroxyl groups excluding tert-OH is 1. The average Bonchev–Trinajstić information content (AvgIpc) is 3.72. The van der Waals surface area contributed by atoms with Crippen molar-refractivity contribution in [2.45, 2.75) is 55.2 Å². The van der Waals surface area contributed by atoms with Crippen LogP contribution in [0, 0.1) is 5.41 Å². The van der Waals surface area contributed by atoms with Gasteiger partial charge in [0, 0.05) is 6.54 Å². The molecule has 7 rings (SSSR count). The first-order chi connectivity index (χ1) is 21.3. The number of guanidine groups is 1. The van der Waals surface area contributed by atoms with E-state index in [-0.39, 0.29) is 22.8 Å². The molecule has 7 heterocycles. The molecule has 22 nitrogen and oxygen atoms in total. The number of phosphoric ester groups is 1. The molecule has 5 aliphatic rings. The lowest BCUT2D eigenvalue weighted by molar-refractivity contribution is -0.119. The number of hydrogen-bond acceptors (Lipinski definition) is 16. The van der Waals surface area contributed by atoms with Gasteiger partial charge in [0.25, 0.3) is 5.91 Å². The molecule has 242 valence electrons. The Morgan fingerprint density at radius 1 is 1.11 bits per heavy atom. The molecule has 5 aliphatic heterocycles. The number of aliphatic imine (C=N–C) groups is 2. The molecule has 25 heteroatoms. The van der Waals surface area contributed by atoms with Crippen molar-refractivity contribution in [3.05, 3.63) is 12.7 Å². The second kappa shape index (κ2) is 10.9. The number of halogens is 1. The highest BCUT2D eigenvalue weighted by Crippen LogP contribution is 2.51. The summed E-state index contributed by atoms with van der Waals surface area (Å²) in [5, 5.41) is 23.2. The molecular formula is C20H24FN11O11P2. The molecule has 3 saturated heterocycles. The van der Waals surface area contributed by atoms with Crippen molar-refractivity contribution in [3.8, 4) is 0 Å². The summed E-state index contributed by atoms with van der Waals surface area (Å²) in [6, 6.07) is -1.21. The van der Waals surface area contributed by atoms with Crippen molar-refractivity contribution >= 4 is 56.6 Å². The number of carbonyl (C=O) groups excluding carboxylic acids is 1. The quantitative estimate of drug-likeness (QED) is 0.162. The van der Waals surface area contributed by atoms with E-state index in [9.17, 15) is 28.8 Å². The van der Waals surface area contributed by atoms with E-state index in [1.165, 1.54) is 10.9 Å². The number of aliphatic hydroxyl groups is 1. The maximum absolute atomic E-state index is 15.7. The highest BCUT2D eigenvalue weighted by Gasteiger charge is 2.56. The normalized spacial score (nSPS) is 42.0. The van der Waals surface area contributed by atoms with Gasteiger partial charge in [0.05, 0.1) is 19.3 Å². The molecule has 3 fully saturated rings. The summed E-state index contributed by atoms with van der Waals surface area (Å²) < 4.78 is 70.5. The fourth-order valence-electron chi connectivity index (χ4n) is 5.46. The number of imidazole rings is 1. The third-order valence-electron chi connectivity index (χ3n) is 7.49. The minimum atomic E-state index is -5.18. The number of fused-ring (bicyclic) bond motifs is 5. The van der Waals surface area contributed by atoms with Gasteiger partial charge >= 0.3 is 15.6 Å². The molecule has 0 radical (unpaired) electrons. The topological polar surface area (TPSA) is 304 Å². The summed E-state index contributed by atoms with van der Waals surface area (Å²) in [7, 11) is -10.1. The number of nitrogens with one attached hydrogen (secondary N) is 3. The average molecular weight is 675 g/mol. The molecule has 2 aromatic rings. The van der Waals surface area contributed by atoms with Gasteiger partial charge < -0.3 is 30.1 Å². The first kappa shape index (κ1) is 30.3. The number of anilines is 1. The zero-order valence-electron chi connectivity index (χ0n) is 22.4. The van der Waals surface area contributed by atoms with Crippen LogP contribution in [-0.4, -0.2) is 125 Å². The number of alkyl halides is 1. The highest BCUT2D eigenvalue weighted by atomic mass is 31.2. The van der Waals surface area contributed by atoms with Gasteiger partial charge in [0.1, 0.15) is 42.4 Å². The minimum absolute atomic E-state index is 0.0323. The second-order valence-corrected chi connectivity index (χ2v) is 13.3. The van der Waals surface area contributed by atoms with Crippen LogP contribution in [0.2, 0.25) is 0 Å². The number of ether oxygens (including phenoxy) is 2. The maximum Gasteiger partial charge on any atom is 0.472 e. The van der Waals surface area contributed by atoms with Crippen LogP contribution in [0.1, 0.15) is 6.23 Å². The summed E-state index contributed by atoms with van der Waals surface area (Å²) in [6.07, 6.45) is -10.0. The molecule has 0 aromatic carbocycles. The van der Waals surface area contributed by atoms with E-state index in [2.05, 4.69) is 35.3 Å². The smallest absolute Gasteiger partial charge is 0.386 e. The molecule has 8 N–H and O–H groups in total. The second-order valence-electron chi connectivity index (χ2n) is 10.3. The fourth-order valence-corrected chi connectivity index (χ4v) is 7.46. The van der Waals surface area contributed by atoms with Crippen molar-refractivity contribution in [3.63, 3.8) is 0 Å². The zero-order valence-corrected chi connectivity index (χ0v) is 24.2. The van der Waals surface area contributed by atoms with Crippen LogP contribution >= 0.6 is 15.6 Å². The van der Waals surface area contributed by atoms with Crippen LogP contribution in [0.15, 0.2) is 22.6 Å².